The van der Waals surface area contributed by atoms with E-state index in [1.165, 1.54) is 0 Å². The molecule has 0 aliphatic rings. The van der Waals surface area contributed by atoms with Crippen LogP contribution in [0.2, 0.25) is 0 Å². The molecular weight excluding hydrogens is 242 g/mol. The van der Waals surface area contributed by atoms with Gasteiger partial charge < -0.3 is 0 Å². The molecular formula is C6H2AsF5. The number of rotatable bonds is 0. The minimum absolute atomic E-state index is 0.348. The molecule has 0 amide bonds. The summed E-state index contributed by atoms with van der Waals surface area (Å²) in [7, 11) is 0. The summed E-state index contributed by atoms with van der Waals surface area (Å²) in [5.74, 6) is -9.43. The van der Waals surface area contributed by atoms with Gasteiger partial charge in [-0.05, 0) is 0 Å². The zero-order valence-corrected chi connectivity index (χ0v) is 7.89. The van der Waals surface area contributed by atoms with Crippen LogP contribution in [0.3, 0.4) is 0 Å². The molecule has 0 saturated carbocycles. The first-order valence-electron chi connectivity index (χ1n) is 2.73. The Balaban J connectivity index is 3.60. The number of halogens is 5. The van der Waals surface area contributed by atoms with Crippen molar-refractivity contribution in [3.8, 4) is 0 Å². The fraction of sp³-hybridized carbons (Fsp3) is 0. The number of hydrogen-bond donors (Lipinski definition) is 0. The monoisotopic (exact) mass is 244 g/mol. The van der Waals surface area contributed by atoms with Gasteiger partial charge in [0.2, 0.25) is 0 Å². The summed E-state index contributed by atoms with van der Waals surface area (Å²) in [6.45, 7) is 0. The van der Waals surface area contributed by atoms with Crippen molar-refractivity contribution in [3.05, 3.63) is 29.1 Å². The summed E-state index contributed by atoms with van der Waals surface area (Å²) < 4.78 is 60.8. The fourth-order valence-electron chi connectivity index (χ4n) is 0.622. The topological polar surface area (TPSA) is 0 Å². The summed E-state index contributed by atoms with van der Waals surface area (Å²) >= 11 is 0.348. The predicted molar refractivity (Wildman–Crippen MR) is 34.4 cm³/mol. The average molecular weight is 244 g/mol. The van der Waals surface area contributed by atoms with Gasteiger partial charge in [-0.3, -0.25) is 0 Å². The molecule has 1 atom stereocenters. The third-order valence-electron chi connectivity index (χ3n) is 1.24. The molecule has 0 saturated heterocycles. The van der Waals surface area contributed by atoms with E-state index in [9.17, 15) is 22.0 Å². The van der Waals surface area contributed by atoms with E-state index in [-0.39, 0.29) is 0 Å². The first-order chi connectivity index (χ1) is 5.46. The first-order valence-corrected chi connectivity index (χ1v) is 3.94. The summed E-state index contributed by atoms with van der Waals surface area (Å²) in [5.41, 5.74) is 0. The van der Waals surface area contributed by atoms with Gasteiger partial charge in [-0.25, -0.2) is 0 Å². The Hall–Kier alpha value is -0.572. The molecule has 1 rings (SSSR count). The van der Waals surface area contributed by atoms with Crippen LogP contribution in [0.1, 0.15) is 0 Å². The predicted octanol–water partition coefficient (Wildman–Crippen LogP) is 0.641. The van der Waals surface area contributed by atoms with E-state index >= 15 is 0 Å². The SMILES string of the molecule is Fc1c(F)c(F)c([AsH2])c(F)c1F. The van der Waals surface area contributed by atoms with Crippen LogP contribution < -0.4 is 4.35 Å². The molecule has 0 aliphatic carbocycles. The molecule has 0 heterocycles. The van der Waals surface area contributed by atoms with Crippen LogP contribution >= 0.6 is 0 Å². The van der Waals surface area contributed by atoms with Crippen molar-refractivity contribution in [1.29, 1.82) is 0 Å². The molecule has 12 heavy (non-hydrogen) atoms. The van der Waals surface area contributed by atoms with Crippen molar-refractivity contribution >= 4 is 21.2 Å². The van der Waals surface area contributed by atoms with Crippen LogP contribution in [0.25, 0.3) is 0 Å². The Bertz CT molecular complexity index is 230. The molecule has 0 aromatic heterocycles. The average Bonchev–Trinajstić information content (AvgIpc) is 2.08. The van der Waals surface area contributed by atoms with Crippen molar-refractivity contribution in [1.82, 2.24) is 0 Å². The van der Waals surface area contributed by atoms with Crippen LogP contribution in [0.4, 0.5) is 22.0 Å². The van der Waals surface area contributed by atoms with Crippen LogP contribution in [0, 0.1) is 29.1 Å². The van der Waals surface area contributed by atoms with Crippen LogP contribution in [0.5, 0.6) is 0 Å². The Labute approximate surface area is 72.9 Å². The van der Waals surface area contributed by atoms with Gasteiger partial charge in [0.05, 0.1) is 0 Å². The normalized spacial score (nSPS) is 10.5. The maximum atomic E-state index is 12.4. The summed E-state index contributed by atoms with van der Waals surface area (Å²) in [4.78, 5) is 0. The van der Waals surface area contributed by atoms with Crippen molar-refractivity contribution in [3.63, 3.8) is 0 Å². The standard InChI is InChI=1S/C6H2AsF5/c7-1-2(8)4(10)6(12)5(11)3(1)9/h7H2. The van der Waals surface area contributed by atoms with E-state index in [0.29, 0.717) is 16.9 Å². The van der Waals surface area contributed by atoms with Gasteiger partial charge in [0.25, 0.3) is 0 Å². The van der Waals surface area contributed by atoms with Crippen LogP contribution in [-0.4, -0.2) is 16.9 Å². The molecule has 0 spiro atoms. The summed E-state index contributed by atoms with van der Waals surface area (Å²) in [6.07, 6.45) is 0. The molecule has 6 heteroatoms. The molecule has 66 valence electrons. The Morgan fingerprint density at radius 1 is 0.583 bits per heavy atom. The van der Waals surface area contributed by atoms with Crippen molar-refractivity contribution < 1.29 is 22.0 Å². The van der Waals surface area contributed by atoms with Gasteiger partial charge in [-0.1, -0.05) is 0 Å². The molecule has 0 radical (unpaired) electrons. The second kappa shape index (κ2) is 3.05. The molecule has 0 aliphatic heterocycles. The van der Waals surface area contributed by atoms with Crippen LogP contribution in [-0.2, 0) is 0 Å². The van der Waals surface area contributed by atoms with Gasteiger partial charge in [0, 0.05) is 0 Å². The summed E-state index contributed by atoms with van der Waals surface area (Å²) in [6, 6.07) is 0. The molecule has 1 unspecified atom stereocenters. The Morgan fingerprint density at radius 2 is 0.833 bits per heavy atom. The first kappa shape index (κ1) is 9.52. The van der Waals surface area contributed by atoms with Gasteiger partial charge >= 0.3 is 72.2 Å². The van der Waals surface area contributed by atoms with Gasteiger partial charge in [-0.15, -0.1) is 0 Å². The van der Waals surface area contributed by atoms with E-state index in [2.05, 4.69) is 0 Å². The van der Waals surface area contributed by atoms with E-state index in [1.54, 1.807) is 0 Å². The number of benzene rings is 1. The van der Waals surface area contributed by atoms with E-state index in [4.69, 9.17) is 0 Å². The Kier molecular flexibility index (Phi) is 2.42. The molecule has 1 aromatic rings. The van der Waals surface area contributed by atoms with E-state index in [1.807, 2.05) is 0 Å². The Morgan fingerprint density at radius 3 is 1.17 bits per heavy atom. The molecule has 0 N–H and O–H groups in total. The third-order valence-corrected chi connectivity index (χ3v) is 2.31. The molecule has 0 fully saturated rings. The van der Waals surface area contributed by atoms with Gasteiger partial charge in [0.1, 0.15) is 0 Å². The number of hydrogen-bond acceptors (Lipinski definition) is 0. The van der Waals surface area contributed by atoms with Gasteiger partial charge in [-0.2, -0.15) is 0 Å². The molecule has 0 bridgehead atoms. The third kappa shape index (κ3) is 1.22. The quantitative estimate of drug-likeness (QED) is 0.272. The summed E-state index contributed by atoms with van der Waals surface area (Å²) in [5, 5.41) is 0. The zero-order chi connectivity index (χ0) is 9.46. The maximum absolute atomic E-state index is 12.4. The molecule has 0 nitrogen and oxygen atoms in total. The van der Waals surface area contributed by atoms with Crippen molar-refractivity contribution in [2.45, 2.75) is 0 Å². The second-order valence-corrected chi connectivity index (χ2v) is 3.19. The van der Waals surface area contributed by atoms with E-state index in [0.717, 1.165) is 0 Å². The van der Waals surface area contributed by atoms with Crippen molar-refractivity contribution in [2.75, 3.05) is 0 Å². The second-order valence-electron chi connectivity index (χ2n) is 1.98. The van der Waals surface area contributed by atoms with Crippen molar-refractivity contribution in [2.24, 2.45) is 0 Å². The fourth-order valence-corrected chi connectivity index (χ4v) is 1.15. The van der Waals surface area contributed by atoms with E-state index < -0.39 is 33.4 Å². The van der Waals surface area contributed by atoms with Gasteiger partial charge in [0.15, 0.2) is 0 Å². The molecule has 1 aromatic carbocycles. The minimum atomic E-state index is -2.12. The zero-order valence-electron chi connectivity index (χ0n) is 5.47. The van der Waals surface area contributed by atoms with Crippen LogP contribution in [0.15, 0.2) is 0 Å².